The molecular weight excluding hydrogens is 354 g/mol. The number of hydrogen-bond donors (Lipinski definition) is 1. The van der Waals surface area contributed by atoms with Crippen molar-refractivity contribution < 1.29 is 6.22 Å². The normalized spacial score (nSPS) is 25.5. The molecule has 0 radical (unpaired) electrons. The van der Waals surface area contributed by atoms with E-state index in [4.69, 9.17) is 4.98 Å². The Morgan fingerprint density at radius 3 is 3.04 bits per heavy atom. The van der Waals surface area contributed by atoms with E-state index in [9.17, 15) is 10.1 Å². The number of H-pyrrole nitrogens is 1. The first-order valence-electron chi connectivity index (χ1n) is 9.92. The van der Waals surface area contributed by atoms with E-state index in [2.05, 4.69) is 27.4 Å². The van der Waals surface area contributed by atoms with Gasteiger partial charge in [0, 0.05) is 33.2 Å². The standard InChI is InChI=1S/C20H23N7O.H2/c1-13-5-8-25(20(28)26-7-2-3-14(26)9-21)12-16(13)19-24-11-15-10-23-18-17(27(15)19)4-6-22-18;/h4,6,10-11,13-14,16,22H,2-3,5,7-8,12H2,1H3;1H/t13-,14-,16+;/m1./s1. The minimum Gasteiger partial charge on any atom is -0.345 e. The first kappa shape index (κ1) is 17.0. The van der Waals surface area contributed by atoms with Crippen LogP contribution < -0.4 is 0 Å². The molecule has 2 amide bonds. The lowest BCUT2D eigenvalue weighted by molar-refractivity contribution is 0.126. The number of aromatic amines is 1. The monoisotopic (exact) mass is 379 g/mol. The average Bonchev–Trinajstić information content (AvgIpc) is 3.45. The molecule has 3 aromatic heterocycles. The Bertz CT molecular complexity index is 1080. The second-order valence-electron chi connectivity index (χ2n) is 7.93. The Hall–Kier alpha value is -3.08. The molecule has 8 nitrogen and oxygen atoms in total. The molecule has 5 rings (SSSR count). The summed E-state index contributed by atoms with van der Waals surface area (Å²) in [5.74, 6) is 1.54. The van der Waals surface area contributed by atoms with Crippen LogP contribution in [0.4, 0.5) is 4.79 Å². The van der Waals surface area contributed by atoms with E-state index in [1.165, 1.54) is 0 Å². The predicted octanol–water partition coefficient (Wildman–Crippen LogP) is 2.99. The number of nitriles is 1. The molecule has 0 aliphatic carbocycles. The van der Waals surface area contributed by atoms with Crippen molar-refractivity contribution in [1.82, 2.24) is 29.2 Å². The maximum atomic E-state index is 13.1. The highest BCUT2D eigenvalue weighted by Crippen LogP contribution is 2.34. The average molecular weight is 379 g/mol. The fourth-order valence-electron chi connectivity index (χ4n) is 4.65. The first-order chi connectivity index (χ1) is 13.7. The molecule has 8 heteroatoms. The first-order valence-corrected chi connectivity index (χ1v) is 9.92. The molecule has 5 heterocycles. The summed E-state index contributed by atoms with van der Waals surface area (Å²) in [6, 6.07) is 3.99. The van der Waals surface area contributed by atoms with Crippen molar-refractivity contribution in [3.63, 3.8) is 0 Å². The Labute approximate surface area is 164 Å². The van der Waals surface area contributed by atoms with Gasteiger partial charge in [-0.25, -0.2) is 14.8 Å². The number of nitrogens with zero attached hydrogens (tertiary/aromatic N) is 6. The molecule has 146 valence electrons. The van der Waals surface area contributed by atoms with Crippen molar-refractivity contribution in [1.29, 1.82) is 5.26 Å². The summed E-state index contributed by atoms with van der Waals surface area (Å²) in [4.78, 5) is 29.1. The summed E-state index contributed by atoms with van der Waals surface area (Å²) in [7, 11) is 0. The second kappa shape index (κ2) is 6.51. The molecule has 0 unspecified atom stereocenters. The highest BCUT2D eigenvalue weighted by Gasteiger charge is 2.37. The number of imidazole rings is 1. The zero-order chi connectivity index (χ0) is 19.3. The number of carbonyl (C=O) groups is 1. The minimum absolute atomic E-state index is 0. The summed E-state index contributed by atoms with van der Waals surface area (Å²) >= 11 is 0. The van der Waals surface area contributed by atoms with Crippen LogP contribution in [0.1, 0.15) is 39.4 Å². The summed E-state index contributed by atoms with van der Waals surface area (Å²) in [5.41, 5.74) is 2.80. The smallest absolute Gasteiger partial charge is 0.321 e. The lowest BCUT2D eigenvalue weighted by Crippen LogP contribution is -2.50. The molecule has 2 saturated heterocycles. The van der Waals surface area contributed by atoms with Crippen molar-refractivity contribution in [3.8, 4) is 6.07 Å². The number of fused-ring (bicyclic) bond motifs is 3. The highest BCUT2D eigenvalue weighted by molar-refractivity contribution is 5.76. The zero-order valence-corrected chi connectivity index (χ0v) is 15.9. The highest BCUT2D eigenvalue weighted by atomic mass is 16.2. The molecule has 2 fully saturated rings. The third kappa shape index (κ3) is 2.53. The Morgan fingerprint density at radius 1 is 1.32 bits per heavy atom. The van der Waals surface area contributed by atoms with Crippen LogP contribution in [0, 0.1) is 17.2 Å². The maximum absolute atomic E-state index is 13.1. The minimum atomic E-state index is -0.289. The van der Waals surface area contributed by atoms with E-state index in [-0.39, 0.29) is 19.4 Å². The van der Waals surface area contributed by atoms with Crippen LogP contribution in [0.5, 0.6) is 0 Å². The van der Waals surface area contributed by atoms with Gasteiger partial charge in [0.1, 0.15) is 11.9 Å². The van der Waals surface area contributed by atoms with Crippen LogP contribution in [0.15, 0.2) is 24.7 Å². The topological polar surface area (TPSA) is 93.3 Å². The van der Waals surface area contributed by atoms with Crippen LogP contribution in [-0.2, 0) is 0 Å². The van der Waals surface area contributed by atoms with Crippen molar-refractivity contribution in [3.05, 3.63) is 30.5 Å². The van der Waals surface area contributed by atoms with Gasteiger partial charge in [-0.05, 0) is 31.2 Å². The number of rotatable bonds is 1. The second-order valence-corrected chi connectivity index (χ2v) is 7.93. The van der Waals surface area contributed by atoms with Gasteiger partial charge in [-0.1, -0.05) is 6.92 Å². The van der Waals surface area contributed by atoms with Crippen LogP contribution in [0.3, 0.4) is 0 Å². The number of urea groups is 1. The SMILES string of the molecule is C[C@@H]1CCN(C(=O)N2CCC[C@@H]2C#N)C[C@@H]1c1ncc2cnc3[nH]ccc3n12.[HH]. The fraction of sp³-hybridized carbons (Fsp3) is 0.500. The van der Waals surface area contributed by atoms with Crippen LogP contribution in [0.25, 0.3) is 16.7 Å². The molecule has 28 heavy (non-hydrogen) atoms. The molecule has 0 spiro atoms. The lowest BCUT2D eigenvalue weighted by atomic mass is 9.86. The molecule has 0 bridgehead atoms. The van der Waals surface area contributed by atoms with E-state index >= 15 is 0 Å². The van der Waals surface area contributed by atoms with Crippen LogP contribution in [-0.4, -0.2) is 60.9 Å². The number of carbonyl (C=O) groups excluding carboxylic acids is 1. The van der Waals surface area contributed by atoms with Gasteiger partial charge in [0.25, 0.3) is 0 Å². The van der Waals surface area contributed by atoms with Gasteiger partial charge in [0.05, 0.1) is 29.5 Å². The van der Waals surface area contributed by atoms with Crippen molar-refractivity contribution in [2.75, 3.05) is 19.6 Å². The van der Waals surface area contributed by atoms with Crippen molar-refractivity contribution in [2.45, 2.75) is 38.1 Å². The molecule has 2 aliphatic rings. The predicted molar refractivity (Wildman–Crippen MR) is 106 cm³/mol. The lowest BCUT2D eigenvalue weighted by Gasteiger charge is -2.38. The van der Waals surface area contributed by atoms with Crippen LogP contribution in [0.2, 0.25) is 0 Å². The van der Waals surface area contributed by atoms with Gasteiger partial charge in [-0.3, -0.25) is 4.40 Å². The van der Waals surface area contributed by atoms with Crippen LogP contribution >= 0.6 is 0 Å². The zero-order valence-electron chi connectivity index (χ0n) is 15.9. The number of likely N-dealkylation sites (tertiary alicyclic amines) is 2. The molecule has 3 aromatic rings. The van der Waals surface area contributed by atoms with E-state index in [0.29, 0.717) is 19.0 Å². The fourth-order valence-corrected chi connectivity index (χ4v) is 4.65. The number of aromatic nitrogens is 4. The van der Waals surface area contributed by atoms with Crippen molar-refractivity contribution >= 4 is 22.7 Å². The molecule has 0 saturated carbocycles. The van der Waals surface area contributed by atoms with Gasteiger partial charge in [0.15, 0.2) is 5.65 Å². The Morgan fingerprint density at radius 2 is 2.18 bits per heavy atom. The van der Waals surface area contributed by atoms with E-state index in [0.717, 1.165) is 48.3 Å². The van der Waals surface area contributed by atoms with E-state index in [1.807, 2.05) is 29.6 Å². The van der Waals surface area contributed by atoms with Gasteiger partial charge < -0.3 is 14.8 Å². The number of hydrogen-bond acceptors (Lipinski definition) is 4. The molecule has 1 N–H and O–H groups in total. The van der Waals surface area contributed by atoms with Gasteiger partial charge in [0.2, 0.25) is 0 Å². The maximum Gasteiger partial charge on any atom is 0.321 e. The summed E-state index contributed by atoms with van der Waals surface area (Å²) < 4.78 is 2.15. The molecule has 3 atom stereocenters. The van der Waals surface area contributed by atoms with Gasteiger partial charge >= 0.3 is 6.03 Å². The van der Waals surface area contributed by atoms with Gasteiger partial charge in [-0.15, -0.1) is 0 Å². The molecule has 2 aliphatic heterocycles. The van der Waals surface area contributed by atoms with E-state index in [1.54, 1.807) is 4.90 Å². The molecule has 0 aromatic carbocycles. The summed E-state index contributed by atoms with van der Waals surface area (Å²) in [6.45, 7) is 4.27. The summed E-state index contributed by atoms with van der Waals surface area (Å²) in [5, 5.41) is 9.34. The quantitative estimate of drug-likeness (QED) is 0.703. The Balaban J connectivity index is 0.00000205. The van der Waals surface area contributed by atoms with Gasteiger partial charge in [-0.2, -0.15) is 5.26 Å². The molecular formula is C20H25N7O. The van der Waals surface area contributed by atoms with E-state index < -0.39 is 0 Å². The largest absolute Gasteiger partial charge is 0.345 e. The number of nitrogens with one attached hydrogen (secondary N) is 1. The third-order valence-corrected chi connectivity index (χ3v) is 6.30. The number of amides is 2. The summed E-state index contributed by atoms with van der Waals surface area (Å²) in [6.07, 6.45) is 8.18. The van der Waals surface area contributed by atoms with Crippen molar-refractivity contribution in [2.24, 2.45) is 5.92 Å². The Kier molecular flexibility index (Phi) is 3.97. The number of piperidine rings is 1. The third-order valence-electron chi connectivity index (χ3n) is 6.30.